The Hall–Kier alpha value is -3.05. The second-order valence-electron chi connectivity index (χ2n) is 5.73. The standard InChI is InChI=1S/C21H21NO4/c1-24-11-12-25-18-7-4-5-16(13-18)15-22-21(23)10-9-19-14-17-6-2-3-8-20(17)26-19/h2-10,13-14H,11-12,15H2,1H3,(H,22,23)/b10-9+. The molecule has 0 radical (unpaired) electrons. The number of para-hydroxylation sites is 1. The zero-order valence-electron chi connectivity index (χ0n) is 14.6. The van der Waals surface area contributed by atoms with Crippen LogP contribution >= 0.6 is 0 Å². The highest BCUT2D eigenvalue weighted by Crippen LogP contribution is 2.19. The number of methoxy groups -OCH3 is 1. The van der Waals surface area contributed by atoms with E-state index in [1.165, 1.54) is 6.08 Å². The Labute approximate surface area is 152 Å². The number of benzene rings is 2. The molecule has 0 spiro atoms. The Bertz CT molecular complexity index is 865. The molecule has 1 heterocycles. The van der Waals surface area contributed by atoms with E-state index in [9.17, 15) is 4.79 Å². The van der Waals surface area contributed by atoms with Gasteiger partial charge < -0.3 is 19.2 Å². The van der Waals surface area contributed by atoms with Crippen LogP contribution in [0.25, 0.3) is 17.0 Å². The van der Waals surface area contributed by atoms with Gasteiger partial charge in [-0.3, -0.25) is 4.79 Å². The van der Waals surface area contributed by atoms with E-state index in [4.69, 9.17) is 13.9 Å². The smallest absolute Gasteiger partial charge is 0.244 e. The fourth-order valence-electron chi connectivity index (χ4n) is 2.48. The van der Waals surface area contributed by atoms with Crippen molar-refractivity contribution in [1.82, 2.24) is 5.32 Å². The lowest BCUT2D eigenvalue weighted by Gasteiger charge is -2.08. The number of fused-ring (bicyclic) bond motifs is 1. The van der Waals surface area contributed by atoms with Gasteiger partial charge in [-0.1, -0.05) is 30.3 Å². The summed E-state index contributed by atoms with van der Waals surface area (Å²) >= 11 is 0. The van der Waals surface area contributed by atoms with Crippen LogP contribution in [-0.4, -0.2) is 26.2 Å². The highest BCUT2D eigenvalue weighted by molar-refractivity contribution is 5.92. The van der Waals surface area contributed by atoms with Crippen LogP contribution in [0.2, 0.25) is 0 Å². The zero-order valence-corrected chi connectivity index (χ0v) is 14.6. The number of hydrogen-bond acceptors (Lipinski definition) is 4. The van der Waals surface area contributed by atoms with Gasteiger partial charge in [0.2, 0.25) is 5.91 Å². The average molecular weight is 351 g/mol. The summed E-state index contributed by atoms with van der Waals surface area (Å²) in [6.45, 7) is 1.45. The van der Waals surface area contributed by atoms with E-state index in [2.05, 4.69) is 5.32 Å². The Kier molecular flexibility index (Phi) is 6.06. The van der Waals surface area contributed by atoms with Gasteiger partial charge in [0, 0.05) is 25.1 Å². The third-order valence-electron chi connectivity index (χ3n) is 3.76. The molecule has 134 valence electrons. The van der Waals surface area contributed by atoms with Crippen LogP contribution in [-0.2, 0) is 16.1 Å². The first-order valence-corrected chi connectivity index (χ1v) is 8.40. The molecule has 0 saturated carbocycles. The Morgan fingerprint density at radius 3 is 2.85 bits per heavy atom. The number of hydrogen-bond donors (Lipinski definition) is 1. The summed E-state index contributed by atoms with van der Waals surface area (Å²) in [4.78, 5) is 12.0. The van der Waals surface area contributed by atoms with Gasteiger partial charge in [0.05, 0.1) is 6.61 Å². The second-order valence-corrected chi connectivity index (χ2v) is 5.73. The number of carbonyl (C=O) groups is 1. The largest absolute Gasteiger partial charge is 0.491 e. The van der Waals surface area contributed by atoms with Crippen molar-refractivity contribution in [3.63, 3.8) is 0 Å². The van der Waals surface area contributed by atoms with Crippen molar-refractivity contribution in [1.29, 1.82) is 0 Å². The minimum absolute atomic E-state index is 0.184. The molecule has 5 heteroatoms. The minimum Gasteiger partial charge on any atom is -0.491 e. The quantitative estimate of drug-likeness (QED) is 0.495. The van der Waals surface area contributed by atoms with E-state index in [0.717, 1.165) is 22.3 Å². The molecule has 26 heavy (non-hydrogen) atoms. The Morgan fingerprint density at radius 1 is 1.12 bits per heavy atom. The summed E-state index contributed by atoms with van der Waals surface area (Å²) < 4.78 is 16.2. The molecule has 1 amide bonds. The van der Waals surface area contributed by atoms with Gasteiger partial charge in [0.15, 0.2) is 0 Å². The van der Waals surface area contributed by atoms with E-state index in [1.807, 2.05) is 54.6 Å². The molecule has 5 nitrogen and oxygen atoms in total. The minimum atomic E-state index is -0.184. The van der Waals surface area contributed by atoms with Crippen LogP contribution < -0.4 is 10.1 Å². The molecular weight excluding hydrogens is 330 g/mol. The zero-order chi connectivity index (χ0) is 18.2. The molecular formula is C21H21NO4. The van der Waals surface area contributed by atoms with Gasteiger partial charge in [-0.15, -0.1) is 0 Å². The highest BCUT2D eigenvalue weighted by atomic mass is 16.5. The lowest BCUT2D eigenvalue weighted by atomic mass is 10.2. The molecule has 3 rings (SSSR count). The van der Waals surface area contributed by atoms with Gasteiger partial charge in [-0.25, -0.2) is 0 Å². The SMILES string of the molecule is COCCOc1cccc(CNC(=O)/C=C/c2cc3ccccc3o2)c1. The van der Waals surface area contributed by atoms with Gasteiger partial charge in [-0.2, -0.15) is 0 Å². The molecule has 1 aromatic heterocycles. The molecule has 0 saturated heterocycles. The Morgan fingerprint density at radius 2 is 2.00 bits per heavy atom. The van der Waals surface area contributed by atoms with E-state index >= 15 is 0 Å². The van der Waals surface area contributed by atoms with Crippen LogP contribution in [0.1, 0.15) is 11.3 Å². The van der Waals surface area contributed by atoms with Crippen LogP contribution in [0.3, 0.4) is 0 Å². The predicted molar refractivity (Wildman–Crippen MR) is 101 cm³/mol. The van der Waals surface area contributed by atoms with Crippen molar-refractivity contribution < 1.29 is 18.7 Å². The van der Waals surface area contributed by atoms with Crippen molar-refractivity contribution in [2.75, 3.05) is 20.3 Å². The number of nitrogens with one attached hydrogen (secondary N) is 1. The van der Waals surface area contributed by atoms with E-state index in [1.54, 1.807) is 13.2 Å². The monoisotopic (exact) mass is 351 g/mol. The van der Waals surface area contributed by atoms with Crippen molar-refractivity contribution in [2.24, 2.45) is 0 Å². The summed E-state index contributed by atoms with van der Waals surface area (Å²) in [5, 5.41) is 3.86. The van der Waals surface area contributed by atoms with Crippen LogP contribution in [0.15, 0.2) is 65.1 Å². The molecule has 0 unspecified atom stereocenters. The van der Waals surface area contributed by atoms with E-state index in [0.29, 0.717) is 25.5 Å². The number of furan rings is 1. The maximum absolute atomic E-state index is 12.0. The molecule has 1 N–H and O–H groups in total. The molecule has 0 aliphatic heterocycles. The summed E-state index contributed by atoms with van der Waals surface area (Å²) in [5.74, 6) is 1.22. The van der Waals surface area contributed by atoms with Crippen LogP contribution in [0.5, 0.6) is 5.75 Å². The fraction of sp³-hybridized carbons (Fsp3) is 0.190. The van der Waals surface area contributed by atoms with Gasteiger partial charge in [0.1, 0.15) is 23.7 Å². The lowest BCUT2D eigenvalue weighted by Crippen LogP contribution is -2.20. The molecule has 0 aliphatic carbocycles. The number of rotatable bonds is 8. The molecule has 0 aliphatic rings. The third-order valence-corrected chi connectivity index (χ3v) is 3.76. The van der Waals surface area contributed by atoms with Crippen molar-refractivity contribution >= 4 is 23.0 Å². The van der Waals surface area contributed by atoms with Crippen molar-refractivity contribution in [3.8, 4) is 5.75 Å². The summed E-state index contributed by atoms with van der Waals surface area (Å²) in [6, 6.07) is 17.2. The highest BCUT2D eigenvalue weighted by Gasteiger charge is 2.02. The summed E-state index contributed by atoms with van der Waals surface area (Å²) in [5.41, 5.74) is 1.77. The summed E-state index contributed by atoms with van der Waals surface area (Å²) in [7, 11) is 1.63. The Balaban J connectivity index is 1.52. The maximum Gasteiger partial charge on any atom is 0.244 e. The first kappa shape index (κ1) is 17.8. The maximum atomic E-state index is 12.0. The van der Waals surface area contributed by atoms with Crippen molar-refractivity contribution in [3.05, 3.63) is 72.0 Å². The molecule has 0 bridgehead atoms. The summed E-state index contributed by atoms with van der Waals surface area (Å²) in [6.07, 6.45) is 3.14. The van der Waals surface area contributed by atoms with Gasteiger partial charge >= 0.3 is 0 Å². The molecule has 0 atom stereocenters. The fourth-order valence-corrected chi connectivity index (χ4v) is 2.48. The van der Waals surface area contributed by atoms with Crippen molar-refractivity contribution in [2.45, 2.75) is 6.54 Å². The molecule has 3 aromatic rings. The first-order valence-electron chi connectivity index (χ1n) is 8.40. The van der Waals surface area contributed by atoms with E-state index < -0.39 is 0 Å². The normalized spacial score (nSPS) is 11.1. The predicted octanol–water partition coefficient (Wildman–Crippen LogP) is 3.79. The topological polar surface area (TPSA) is 60.7 Å². The average Bonchev–Trinajstić information content (AvgIpc) is 3.08. The first-order chi connectivity index (χ1) is 12.7. The number of amides is 1. The van der Waals surface area contributed by atoms with E-state index in [-0.39, 0.29) is 5.91 Å². The third kappa shape index (κ3) is 4.97. The van der Waals surface area contributed by atoms with Gasteiger partial charge in [-0.05, 0) is 35.9 Å². The van der Waals surface area contributed by atoms with Crippen LogP contribution in [0.4, 0.5) is 0 Å². The second kappa shape index (κ2) is 8.87. The molecule has 2 aromatic carbocycles. The number of ether oxygens (including phenoxy) is 2. The lowest BCUT2D eigenvalue weighted by molar-refractivity contribution is -0.116. The molecule has 0 fully saturated rings. The van der Waals surface area contributed by atoms with Crippen LogP contribution in [0, 0.1) is 0 Å². The van der Waals surface area contributed by atoms with Gasteiger partial charge in [0.25, 0.3) is 0 Å². The number of carbonyl (C=O) groups excluding carboxylic acids is 1.